The molecule has 39 nitrogen and oxygen atoms in total. The van der Waals surface area contributed by atoms with E-state index < -0.39 is 0 Å². The van der Waals surface area contributed by atoms with Gasteiger partial charge in [0.25, 0.3) is 45.9 Å². The van der Waals surface area contributed by atoms with E-state index in [1.54, 1.807) is 69.8 Å². The van der Waals surface area contributed by atoms with Gasteiger partial charge in [0, 0.05) is 176 Å². The summed E-state index contributed by atoms with van der Waals surface area (Å²) in [6.07, 6.45) is 13.6. The first-order valence-electron chi connectivity index (χ1n) is 49.3. The highest BCUT2D eigenvalue weighted by Gasteiger charge is 2.53. The summed E-state index contributed by atoms with van der Waals surface area (Å²) >= 11 is 25.8. The number of hydrogen-bond donors (Lipinski definition) is 8. The van der Waals surface area contributed by atoms with Crippen molar-refractivity contribution in [2.45, 2.75) is 105 Å². The quantitative estimate of drug-likeness (QED) is 0.0237. The normalized spacial score (nSPS) is 17.4. The van der Waals surface area contributed by atoms with Gasteiger partial charge in [0.2, 0.25) is 23.8 Å². The summed E-state index contributed by atoms with van der Waals surface area (Å²) in [5.41, 5.74) is 5.77. The van der Waals surface area contributed by atoms with Crippen molar-refractivity contribution in [3.8, 4) is 23.0 Å². The Bertz CT molecular complexity index is 7100. The van der Waals surface area contributed by atoms with Gasteiger partial charge in [-0.15, -0.1) is 0 Å². The van der Waals surface area contributed by atoms with Crippen molar-refractivity contribution in [3.63, 3.8) is 0 Å². The Morgan fingerprint density at radius 2 is 0.630 bits per heavy atom. The highest BCUT2D eigenvalue weighted by Crippen LogP contribution is 2.52. The molecule has 12 aromatic rings. The van der Waals surface area contributed by atoms with Gasteiger partial charge in [-0.2, -0.15) is 19.9 Å². The Morgan fingerprint density at radius 1 is 0.356 bits per heavy atom. The van der Waals surface area contributed by atoms with E-state index in [0.29, 0.717) is 78.0 Å². The molecule has 774 valence electrons. The van der Waals surface area contributed by atoms with Gasteiger partial charge in [-0.3, -0.25) is 38.4 Å². The van der Waals surface area contributed by atoms with Crippen LogP contribution in [-0.2, 0) is 26.2 Å². The van der Waals surface area contributed by atoms with Crippen LogP contribution in [0.4, 0.5) is 69.8 Å². The molecular weight excluding hydrogens is 1950 g/mol. The fraction of sp³-hybridized carbons (Fsp3) is 0.456. The van der Waals surface area contributed by atoms with Crippen LogP contribution in [0.25, 0.3) is 43.6 Å². The van der Waals surface area contributed by atoms with E-state index in [1.165, 1.54) is 71.8 Å². The molecule has 8 aromatic heterocycles. The van der Waals surface area contributed by atoms with Crippen LogP contribution in [0, 0.1) is 28.6 Å². The number of carbonyl (C=O) groups is 4. The topological polar surface area (TPSA) is 415 Å². The number of nitrogens with zero attached hydrogens (tertiary/aromatic N) is 19. The maximum atomic E-state index is 13.1. The van der Waals surface area contributed by atoms with Crippen LogP contribution in [0.15, 0.2) is 141 Å². The molecule has 6 saturated heterocycles. The average molecular weight is 2080 g/mol. The molecular formula is C103H127Cl4N27O12. The number of halogens is 4. The summed E-state index contributed by atoms with van der Waals surface area (Å²) in [7, 11) is 14.2. The number of fused-ring (bicyclic) bond motifs is 5. The van der Waals surface area contributed by atoms with Crippen LogP contribution in [0.1, 0.15) is 105 Å². The molecule has 6 aliphatic heterocycles. The summed E-state index contributed by atoms with van der Waals surface area (Å²) < 4.78 is 28.6. The fourth-order valence-corrected chi connectivity index (χ4v) is 20.4. The Balaban J connectivity index is 0.000000140. The van der Waals surface area contributed by atoms with Crippen molar-refractivity contribution in [1.82, 2.24) is 94.1 Å². The maximum absolute atomic E-state index is 13.1. The standard InChI is InChI=1S/C29H38ClN7O3.C27H34ClN7O3.C25H29ClN6O3.C22H26ClN7O3/c1-19(2)37-23-6-5-21(15-20(23)16-24(27(37)39)40-18-25(38)31-3)33-26-22(30)17-32-28(34-26)36-13-9-29(10-14-36)7-11-35(4)12-8-29;1-17(2)35-21-6-5-19(11-18(21)12-22(25(35)37)38-14-23(36)29-3)31-24-20(28)13-30-26(32-24)34-9-7-27(8-10-34)15-33(4)16-27;1-13(2)32-20-6-5-16(7-15(20)8-21(24(32)34)35-12-22(33)27-4)29-23-19(26)9-28-25(30-23)31-10-17-14(3)18(17)11-31;1-24-19(31)13-33-18-11-14-10-15(4-5-17(14)29(3)21(18)32)26-20-16(23)12-25-22(27-20)30-8-6-28(2)7-9-30/h5-6,15-17,19H,7-14,18H2,1-4H3,(H,31,38)(H,32,33,34);5-6,11-13,17H,7-10,14-16H2,1-4H3,(H,29,36)(H,30,31,32);5-9,13-14,17-18H,10-12H2,1-4H3,(H,27,33)(H,28,29,30);4-5,10-12H,6-9,13H2,1-3H3,(H,24,31)(H,25,26,27). The van der Waals surface area contributed by atoms with E-state index in [0.717, 1.165) is 175 Å². The number of likely N-dealkylation sites (tertiary alicyclic amines) is 2. The summed E-state index contributed by atoms with van der Waals surface area (Å²) in [6.45, 7) is 26.9. The lowest BCUT2D eigenvalue weighted by Crippen LogP contribution is -2.58. The first kappa shape index (κ1) is 105. The zero-order chi connectivity index (χ0) is 104. The SMILES string of the molecule is CNC(=O)COc1cc2cc(Nc3nc(N4CC5C(C)C5C4)ncc3Cl)ccc2n(C(C)C)c1=O.CNC(=O)COc1cc2cc(Nc3nc(N4CCC5(CC4)CN(C)C5)ncc3Cl)ccc2n(C(C)C)c1=O.CNC(=O)COc1cc2cc(Nc3nc(N4CCC5(CCN(C)CC5)CC4)ncc3Cl)ccc2n(C(C)C)c1=O.CNC(=O)COc1cc2cc(Nc3nc(N4CCN(C)CC4)ncc3Cl)ccc2n(C)c1=O. The molecule has 14 heterocycles. The number of nitrogens with one attached hydrogen (secondary N) is 8. The maximum Gasteiger partial charge on any atom is 0.293 e. The smallest absolute Gasteiger partial charge is 0.293 e. The van der Waals surface area contributed by atoms with Gasteiger partial charge in [0.05, 0.1) is 46.9 Å². The van der Waals surface area contributed by atoms with Gasteiger partial charge in [0.1, 0.15) is 20.1 Å². The largest absolute Gasteiger partial charge is 0.478 e. The molecule has 1 saturated carbocycles. The van der Waals surface area contributed by atoms with Gasteiger partial charge < -0.3 is 114 Å². The van der Waals surface area contributed by atoms with Crippen LogP contribution >= 0.6 is 46.4 Å². The number of pyridine rings is 4. The van der Waals surface area contributed by atoms with Gasteiger partial charge in [-0.05, 0) is 240 Å². The Kier molecular flexibility index (Phi) is 33.0. The number of carbonyl (C=O) groups excluding carboxylic acids is 4. The van der Waals surface area contributed by atoms with Crippen LogP contribution in [0.2, 0.25) is 20.1 Å². The van der Waals surface area contributed by atoms with Crippen molar-refractivity contribution in [2.24, 2.45) is 35.6 Å². The fourth-order valence-electron chi connectivity index (χ4n) is 19.8. The number of amides is 4. The van der Waals surface area contributed by atoms with Gasteiger partial charge in [-0.1, -0.05) is 53.3 Å². The van der Waals surface area contributed by atoms with Crippen LogP contribution in [0.5, 0.6) is 23.0 Å². The molecule has 8 N–H and O–H groups in total. The number of piperidine rings is 4. The molecule has 146 heavy (non-hydrogen) atoms. The second-order valence-electron chi connectivity index (χ2n) is 39.4. The first-order valence-corrected chi connectivity index (χ1v) is 50.8. The van der Waals surface area contributed by atoms with Crippen LogP contribution < -0.4 is 103 Å². The third kappa shape index (κ3) is 24.3. The number of aryl methyl sites for hydroxylation is 1. The monoisotopic (exact) mass is 2070 g/mol. The minimum atomic E-state index is -0.317. The molecule has 4 amide bonds. The van der Waals surface area contributed by atoms with Crippen molar-refractivity contribution in [1.29, 1.82) is 0 Å². The Morgan fingerprint density at radius 3 is 0.938 bits per heavy atom. The molecule has 1 aliphatic carbocycles. The lowest BCUT2D eigenvalue weighted by molar-refractivity contribution is -0.123. The summed E-state index contributed by atoms with van der Waals surface area (Å²) in [6, 6.07) is 29.0. The lowest BCUT2D eigenvalue weighted by atomic mass is 9.71. The Hall–Kier alpha value is -13.4. The third-order valence-electron chi connectivity index (χ3n) is 28.4. The highest BCUT2D eigenvalue weighted by molar-refractivity contribution is 6.34. The summed E-state index contributed by atoms with van der Waals surface area (Å²) in [5, 5.41) is 28.0. The molecule has 43 heteroatoms. The number of hydrogen-bond acceptors (Lipinski definition) is 31. The molecule has 0 bridgehead atoms. The van der Waals surface area contributed by atoms with Gasteiger partial charge in [0.15, 0.2) is 72.7 Å². The van der Waals surface area contributed by atoms with E-state index >= 15 is 0 Å². The lowest BCUT2D eigenvalue weighted by Gasteiger charge is -2.52. The molecule has 4 aromatic carbocycles. The average Bonchev–Trinajstić information content (AvgIpc) is 1.58. The number of ether oxygens (including phenoxy) is 4. The number of anilines is 12. The van der Waals surface area contributed by atoms with Crippen LogP contribution in [0.3, 0.4) is 0 Å². The zero-order valence-corrected chi connectivity index (χ0v) is 87.9. The Labute approximate surface area is 865 Å². The van der Waals surface area contributed by atoms with Gasteiger partial charge in [-0.25, -0.2) is 19.9 Å². The van der Waals surface area contributed by atoms with Crippen molar-refractivity contribution in [3.05, 3.63) is 183 Å². The second kappa shape index (κ2) is 45.7. The van der Waals surface area contributed by atoms with E-state index in [4.69, 9.17) is 80.3 Å². The zero-order valence-electron chi connectivity index (χ0n) is 84.9. The van der Waals surface area contributed by atoms with Crippen molar-refractivity contribution in [2.75, 3.05) is 208 Å². The molecule has 2 spiro atoms. The van der Waals surface area contributed by atoms with Crippen LogP contribution in [-0.4, -0.2) is 264 Å². The predicted octanol–water partition coefficient (Wildman–Crippen LogP) is 12.8. The minimum Gasteiger partial charge on any atom is -0.478 e. The predicted molar refractivity (Wildman–Crippen MR) is 575 cm³/mol. The van der Waals surface area contributed by atoms with Gasteiger partial charge >= 0.3 is 0 Å². The highest BCUT2D eigenvalue weighted by atomic mass is 35.5. The minimum absolute atomic E-state index is 0.0966. The number of piperazine rings is 1. The molecule has 2 unspecified atom stereocenters. The molecule has 7 aliphatic rings. The third-order valence-corrected chi connectivity index (χ3v) is 29.5. The molecule has 2 atom stereocenters. The molecule has 7 fully saturated rings. The number of likely N-dealkylation sites (N-methyl/N-ethyl adjacent to an activating group) is 5. The van der Waals surface area contributed by atoms with Crippen molar-refractivity contribution >= 4 is 183 Å². The second-order valence-corrected chi connectivity index (χ2v) is 41.1. The number of aromatic nitrogens is 12. The molecule has 19 rings (SSSR count). The van der Waals surface area contributed by atoms with E-state index in [9.17, 15) is 38.4 Å². The van der Waals surface area contributed by atoms with Crippen molar-refractivity contribution < 1.29 is 38.1 Å². The number of benzene rings is 4. The van der Waals surface area contributed by atoms with E-state index in [1.807, 2.05) is 114 Å². The van der Waals surface area contributed by atoms with E-state index in [-0.39, 0.29) is 113 Å². The summed E-state index contributed by atoms with van der Waals surface area (Å²) in [5.74, 6) is 6.21. The van der Waals surface area contributed by atoms with E-state index in [2.05, 4.69) is 130 Å². The first-order chi connectivity index (χ1) is 70.0. The molecule has 0 radical (unpaired) electrons. The number of rotatable bonds is 27. The summed E-state index contributed by atoms with van der Waals surface area (Å²) in [4.78, 5) is 151.